The van der Waals surface area contributed by atoms with E-state index in [0.29, 0.717) is 10.8 Å². The Labute approximate surface area is 132 Å². The van der Waals surface area contributed by atoms with Crippen molar-refractivity contribution < 1.29 is 18.5 Å². The summed E-state index contributed by atoms with van der Waals surface area (Å²) in [5.74, 6) is -0.931. The van der Waals surface area contributed by atoms with Crippen molar-refractivity contribution in [3.63, 3.8) is 0 Å². The third-order valence-corrected chi connectivity index (χ3v) is 3.73. The fraction of sp³-hybridized carbons (Fsp3) is 0. The number of rotatable bonds is 4. The van der Waals surface area contributed by atoms with Crippen LogP contribution in [-0.2, 0) is 0 Å². The van der Waals surface area contributed by atoms with Crippen LogP contribution in [0.5, 0.6) is 0 Å². The Morgan fingerprint density at radius 1 is 1.39 bits per heavy atom. The molecule has 0 aliphatic heterocycles. The second-order valence-electron chi connectivity index (χ2n) is 4.39. The van der Waals surface area contributed by atoms with E-state index in [0.717, 1.165) is 18.2 Å². The van der Waals surface area contributed by atoms with Gasteiger partial charge in [-0.15, -0.1) is 11.3 Å². The molecule has 3 rings (SSSR count). The van der Waals surface area contributed by atoms with Crippen molar-refractivity contribution in [2.75, 3.05) is 5.32 Å². The minimum atomic E-state index is -0.773. The van der Waals surface area contributed by atoms with Gasteiger partial charge in [0.15, 0.2) is 10.8 Å². The molecule has 1 amide bonds. The lowest BCUT2D eigenvalue weighted by atomic mass is 10.2. The van der Waals surface area contributed by atoms with Crippen LogP contribution < -0.4 is 5.32 Å². The molecule has 0 fully saturated rings. The summed E-state index contributed by atoms with van der Waals surface area (Å²) in [6.07, 6.45) is 1.48. The number of carbonyl (C=O) groups is 1. The summed E-state index contributed by atoms with van der Waals surface area (Å²) in [6, 6.07) is 6.27. The molecule has 0 radical (unpaired) electrons. The van der Waals surface area contributed by atoms with Gasteiger partial charge >= 0.3 is 0 Å². The lowest BCUT2D eigenvalue weighted by Crippen LogP contribution is -2.13. The number of amides is 1. The van der Waals surface area contributed by atoms with Crippen molar-refractivity contribution in [2.45, 2.75) is 0 Å². The van der Waals surface area contributed by atoms with Gasteiger partial charge in [0.25, 0.3) is 11.6 Å². The quantitative estimate of drug-likeness (QED) is 0.580. The zero-order chi connectivity index (χ0) is 16.4. The molecule has 2 aromatic heterocycles. The summed E-state index contributed by atoms with van der Waals surface area (Å²) >= 11 is 1.19. The van der Waals surface area contributed by atoms with Crippen LogP contribution in [0.1, 0.15) is 10.5 Å². The Kier molecular flexibility index (Phi) is 3.85. The van der Waals surface area contributed by atoms with Crippen molar-refractivity contribution in [3.05, 3.63) is 63.6 Å². The Morgan fingerprint density at radius 2 is 2.22 bits per heavy atom. The number of thiazole rings is 1. The van der Waals surface area contributed by atoms with Gasteiger partial charge in [0.05, 0.1) is 16.9 Å². The highest BCUT2D eigenvalue weighted by Crippen LogP contribution is 2.25. The van der Waals surface area contributed by atoms with Gasteiger partial charge in [-0.05, 0) is 18.2 Å². The maximum absolute atomic E-state index is 13.7. The average molecular weight is 333 g/mol. The number of hydrogen-bond acceptors (Lipinski definition) is 6. The predicted octanol–water partition coefficient (Wildman–Crippen LogP) is 3.70. The molecule has 0 aliphatic rings. The summed E-state index contributed by atoms with van der Waals surface area (Å²) in [7, 11) is 0. The van der Waals surface area contributed by atoms with Gasteiger partial charge in [0, 0.05) is 17.5 Å². The minimum absolute atomic E-state index is 0.0623. The summed E-state index contributed by atoms with van der Waals surface area (Å²) < 4.78 is 18.8. The first-order valence-electron chi connectivity index (χ1n) is 6.29. The lowest BCUT2D eigenvalue weighted by molar-refractivity contribution is -0.384. The van der Waals surface area contributed by atoms with Crippen molar-refractivity contribution in [3.8, 4) is 10.8 Å². The number of anilines is 1. The van der Waals surface area contributed by atoms with Crippen LogP contribution in [0, 0.1) is 15.9 Å². The summed E-state index contributed by atoms with van der Waals surface area (Å²) in [4.78, 5) is 26.2. The van der Waals surface area contributed by atoms with Crippen molar-refractivity contribution >= 4 is 28.6 Å². The number of halogens is 1. The molecule has 1 aromatic carbocycles. The molecule has 0 unspecified atom stereocenters. The molecule has 0 atom stereocenters. The summed E-state index contributed by atoms with van der Waals surface area (Å²) in [5, 5.41) is 15.0. The molecule has 23 heavy (non-hydrogen) atoms. The van der Waals surface area contributed by atoms with Gasteiger partial charge in [-0.1, -0.05) is 0 Å². The highest BCUT2D eigenvalue weighted by Gasteiger charge is 2.17. The number of carbonyl (C=O) groups excluding carboxylic acids is 1. The molecule has 2 heterocycles. The topological polar surface area (TPSA) is 98.3 Å². The molecule has 0 saturated carbocycles. The number of nitro groups is 1. The first-order valence-corrected chi connectivity index (χ1v) is 7.17. The van der Waals surface area contributed by atoms with E-state index in [1.807, 2.05) is 0 Å². The molecule has 116 valence electrons. The van der Waals surface area contributed by atoms with Gasteiger partial charge < -0.3 is 9.73 Å². The van der Waals surface area contributed by atoms with E-state index < -0.39 is 16.6 Å². The van der Waals surface area contributed by atoms with Crippen molar-refractivity contribution in [2.24, 2.45) is 0 Å². The Morgan fingerprint density at radius 3 is 2.91 bits per heavy atom. The number of benzene rings is 1. The standard InChI is InChI=1S/C14H8FN3O4S/c15-9-4-3-8(18(20)21)6-10(9)16-13(19)11-7-23-14(17-11)12-2-1-5-22-12/h1-7H,(H,16,19). The zero-order valence-electron chi connectivity index (χ0n) is 11.4. The molecule has 1 N–H and O–H groups in total. The Hall–Kier alpha value is -3.07. The van der Waals surface area contributed by atoms with Crippen LogP contribution in [0.3, 0.4) is 0 Å². The molecule has 3 aromatic rings. The molecule has 0 bridgehead atoms. The SMILES string of the molecule is O=C(Nc1cc([N+](=O)[O-])ccc1F)c1csc(-c2ccco2)n1. The molecular weight excluding hydrogens is 325 g/mol. The summed E-state index contributed by atoms with van der Waals surface area (Å²) in [5.41, 5.74) is -0.541. The number of furan rings is 1. The highest BCUT2D eigenvalue weighted by molar-refractivity contribution is 7.13. The van der Waals surface area contributed by atoms with Crippen LogP contribution in [0.4, 0.5) is 15.8 Å². The number of non-ortho nitro benzene ring substituents is 1. The number of nitrogens with one attached hydrogen (secondary N) is 1. The van der Waals surface area contributed by atoms with E-state index in [1.54, 1.807) is 12.1 Å². The van der Waals surface area contributed by atoms with Gasteiger partial charge in [0.2, 0.25) is 0 Å². The van der Waals surface area contributed by atoms with Crippen LogP contribution >= 0.6 is 11.3 Å². The molecule has 0 saturated heterocycles. The van der Waals surface area contributed by atoms with E-state index in [-0.39, 0.29) is 17.1 Å². The van der Waals surface area contributed by atoms with E-state index in [4.69, 9.17) is 4.42 Å². The van der Waals surface area contributed by atoms with E-state index >= 15 is 0 Å². The normalized spacial score (nSPS) is 10.5. The van der Waals surface area contributed by atoms with Crippen molar-refractivity contribution in [1.29, 1.82) is 0 Å². The molecular formula is C14H8FN3O4S. The van der Waals surface area contributed by atoms with E-state index in [9.17, 15) is 19.3 Å². The first kappa shape index (κ1) is 14.9. The number of nitro benzene ring substituents is 1. The monoisotopic (exact) mass is 333 g/mol. The second kappa shape index (κ2) is 5.97. The fourth-order valence-electron chi connectivity index (χ4n) is 1.80. The van der Waals surface area contributed by atoms with Crippen LogP contribution in [-0.4, -0.2) is 15.8 Å². The number of nitrogens with zero attached hydrogens (tertiary/aromatic N) is 2. The van der Waals surface area contributed by atoms with Crippen LogP contribution in [0.2, 0.25) is 0 Å². The zero-order valence-corrected chi connectivity index (χ0v) is 12.2. The van der Waals surface area contributed by atoms with E-state index in [2.05, 4.69) is 10.3 Å². The maximum atomic E-state index is 13.7. The highest BCUT2D eigenvalue weighted by atomic mass is 32.1. The van der Waals surface area contributed by atoms with Gasteiger partial charge in [0.1, 0.15) is 11.5 Å². The smallest absolute Gasteiger partial charge is 0.275 e. The average Bonchev–Trinajstić information content (AvgIpc) is 3.20. The molecule has 9 heteroatoms. The second-order valence-corrected chi connectivity index (χ2v) is 5.25. The summed E-state index contributed by atoms with van der Waals surface area (Å²) in [6.45, 7) is 0. The lowest BCUT2D eigenvalue weighted by Gasteiger charge is -2.04. The first-order chi connectivity index (χ1) is 11.0. The van der Waals surface area contributed by atoms with Crippen LogP contribution in [0.15, 0.2) is 46.4 Å². The number of hydrogen-bond donors (Lipinski definition) is 1. The minimum Gasteiger partial charge on any atom is -0.462 e. The fourth-order valence-corrected chi connectivity index (χ4v) is 2.57. The third kappa shape index (κ3) is 3.09. The molecule has 0 aliphatic carbocycles. The van der Waals surface area contributed by atoms with E-state index in [1.165, 1.54) is 23.0 Å². The van der Waals surface area contributed by atoms with Gasteiger partial charge in [-0.25, -0.2) is 9.37 Å². The Bertz CT molecular complexity index is 876. The predicted molar refractivity (Wildman–Crippen MR) is 80.8 cm³/mol. The van der Waals surface area contributed by atoms with Gasteiger partial charge in [-0.2, -0.15) is 0 Å². The van der Waals surface area contributed by atoms with Crippen molar-refractivity contribution in [1.82, 2.24) is 4.98 Å². The van der Waals surface area contributed by atoms with Crippen LogP contribution in [0.25, 0.3) is 10.8 Å². The molecule has 7 nitrogen and oxygen atoms in total. The Balaban J connectivity index is 1.82. The third-order valence-electron chi connectivity index (χ3n) is 2.88. The molecule has 0 spiro atoms. The largest absolute Gasteiger partial charge is 0.462 e. The number of aromatic nitrogens is 1. The van der Waals surface area contributed by atoms with Gasteiger partial charge in [-0.3, -0.25) is 14.9 Å². The maximum Gasteiger partial charge on any atom is 0.275 e.